The third kappa shape index (κ3) is 4.83. The van der Waals surface area contributed by atoms with Crippen LogP contribution in [-0.2, 0) is 19.3 Å². The van der Waals surface area contributed by atoms with Gasteiger partial charge in [-0.3, -0.25) is 0 Å². The Morgan fingerprint density at radius 3 is 1.77 bits per heavy atom. The van der Waals surface area contributed by atoms with Crippen molar-refractivity contribution in [3.63, 3.8) is 0 Å². The van der Waals surface area contributed by atoms with E-state index < -0.39 is 5.41 Å². The highest BCUT2D eigenvalue weighted by Crippen LogP contribution is 2.65. The molecule has 7 aromatic rings. The molecule has 0 aliphatic heterocycles. The third-order valence-corrected chi connectivity index (χ3v) is 14.5. The molecule has 61 heavy (non-hydrogen) atoms. The molecule has 7 aromatic carbocycles. The molecule has 288 valence electrons. The molecule has 0 saturated heterocycles. The summed E-state index contributed by atoms with van der Waals surface area (Å²) >= 11 is 0. The molecule has 0 bridgehead atoms. The van der Waals surface area contributed by atoms with E-state index in [2.05, 4.69) is 207 Å². The Hall–Kier alpha value is -7.22. The predicted octanol–water partition coefficient (Wildman–Crippen LogP) is 14.6. The number of allylic oxidation sites excluding steroid dienone is 7. The first-order chi connectivity index (χ1) is 30.1. The van der Waals surface area contributed by atoms with E-state index in [-0.39, 0.29) is 0 Å². The number of aryl methyl sites for hydroxylation is 1. The van der Waals surface area contributed by atoms with E-state index in [0.717, 1.165) is 19.3 Å². The summed E-state index contributed by atoms with van der Waals surface area (Å²) in [5, 5.41) is 0. The van der Waals surface area contributed by atoms with Gasteiger partial charge in [-0.1, -0.05) is 170 Å². The molecule has 1 heteroatoms. The second-order valence-electron chi connectivity index (χ2n) is 17.6. The number of nitrogens with zero attached hydrogens (tertiary/aromatic N) is 1. The number of hydrogen-bond acceptors (Lipinski definition) is 1. The SMILES string of the molecule is Cc1cc2c(c(N(C3=CC=C4C(=Cc5ccccc54)C34C=CC=C3C4=Cc4ccccc43)c3c(Cc4ccccc4)ccc4c3Cc3ccccc3-4)c1C)Cc1ccccc1-2. The maximum Gasteiger partial charge on any atom is 0.0803 e. The second kappa shape index (κ2) is 12.9. The monoisotopic (exact) mass is 777 g/mol. The van der Waals surface area contributed by atoms with Gasteiger partial charge in [-0.25, -0.2) is 0 Å². The van der Waals surface area contributed by atoms with Gasteiger partial charge in [0.1, 0.15) is 0 Å². The van der Waals surface area contributed by atoms with E-state index in [1.807, 2.05) is 0 Å². The Labute approximate surface area is 358 Å². The van der Waals surface area contributed by atoms with Crippen molar-refractivity contribution in [2.45, 2.75) is 33.1 Å². The Kier molecular flexibility index (Phi) is 7.32. The lowest BCUT2D eigenvalue weighted by Crippen LogP contribution is -2.38. The molecule has 0 fully saturated rings. The van der Waals surface area contributed by atoms with Gasteiger partial charge in [0.25, 0.3) is 0 Å². The molecule has 0 radical (unpaired) electrons. The Morgan fingerprint density at radius 1 is 0.508 bits per heavy atom. The zero-order valence-electron chi connectivity index (χ0n) is 34.5. The van der Waals surface area contributed by atoms with E-state index in [1.54, 1.807) is 0 Å². The van der Waals surface area contributed by atoms with Gasteiger partial charge in [-0.05, 0) is 150 Å². The summed E-state index contributed by atoms with van der Waals surface area (Å²) < 4.78 is 0. The van der Waals surface area contributed by atoms with Crippen LogP contribution in [0.1, 0.15) is 66.8 Å². The minimum absolute atomic E-state index is 0.598. The van der Waals surface area contributed by atoms with Gasteiger partial charge in [-0.2, -0.15) is 0 Å². The van der Waals surface area contributed by atoms with Crippen molar-refractivity contribution in [2.75, 3.05) is 4.90 Å². The van der Waals surface area contributed by atoms with Crippen LogP contribution < -0.4 is 4.90 Å². The van der Waals surface area contributed by atoms with Crippen LogP contribution in [0.3, 0.4) is 0 Å². The second-order valence-corrected chi connectivity index (χ2v) is 17.6. The summed E-state index contributed by atoms with van der Waals surface area (Å²) in [5.41, 5.74) is 30.2. The van der Waals surface area contributed by atoms with Crippen LogP contribution in [0.15, 0.2) is 193 Å². The Bertz CT molecular complexity index is 3260. The van der Waals surface area contributed by atoms with E-state index in [4.69, 9.17) is 0 Å². The lowest BCUT2D eigenvalue weighted by molar-refractivity contribution is 0.674. The molecule has 0 amide bonds. The summed E-state index contributed by atoms with van der Waals surface area (Å²) in [4.78, 5) is 2.81. The maximum absolute atomic E-state index is 2.81. The number of benzene rings is 7. The van der Waals surface area contributed by atoms with Crippen molar-refractivity contribution in [1.82, 2.24) is 0 Å². The smallest absolute Gasteiger partial charge is 0.0803 e. The zero-order valence-corrected chi connectivity index (χ0v) is 34.5. The molecule has 13 rings (SSSR count). The van der Waals surface area contributed by atoms with Crippen LogP contribution in [0.5, 0.6) is 0 Å². The van der Waals surface area contributed by atoms with Crippen LogP contribution in [-0.4, -0.2) is 0 Å². The van der Waals surface area contributed by atoms with Crippen molar-refractivity contribution < 1.29 is 0 Å². The highest BCUT2D eigenvalue weighted by molar-refractivity contribution is 6.07. The molecule has 1 atom stereocenters. The van der Waals surface area contributed by atoms with Crippen LogP contribution >= 0.6 is 0 Å². The predicted molar refractivity (Wildman–Crippen MR) is 255 cm³/mol. The first-order valence-corrected chi connectivity index (χ1v) is 21.8. The van der Waals surface area contributed by atoms with Crippen molar-refractivity contribution in [2.24, 2.45) is 5.41 Å². The van der Waals surface area contributed by atoms with Gasteiger partial charge in [0, 0.05) is 18.5 Å². The molecule has 0 heterocycles. The zero-order chi connectivity index (χ0) is 40.4. The minimum Gasteiger partial charge on any atom is -0.311 e. The van der Waals surface area contributed by atoms with Crippen molar-refractivity contribution in [3.8, 4) is 22.3 Å². The Balaban J connectivity index is 1.17. The van der Waals surface area contributed by atoms with E-state index in [0.29, 0.717) is 0 Å². The molecule has 1 nitrogen and oxygen atoms in total. The fourth-order valence-electron chi connectivity index (χ4n) is 11.7. The average molecular weight is 778 g/mol. The van der Waals surface area contributed by atoms with Gasteiger partial charge in [-0.15, -0.1) is 0 Å². The highest BCUT2D eigenvalue weighted by atomic mass is 15.2. The molecule has 1 unspecified atom stereocenters. The first kappa shape index (κ1) is 34.6. The lowest BCUT2D eigenvalue weighted by Gasteiger charge is -2.47. The van der Waals surface area contributed by atoms with Gasteiger partial charge in [0.15, 0.2) is 0 Å². The van der Waals surface area contributed by atoms with E-state index >= 15 is 0 Å². The van der Waals surface area contributed by atoms with Crippen molar-refractivity contribution in [1.29, 1.82) is 0 Å². The number of rotatable bonds is 5. The summed E-state index contributed by atoms with van der Waals surface area (Å²) in [6.07, 6.45) is 19.8. The summed E-state index contributed by atoms with van der Waals surface area (Å²) in [5.74, 6) is 0. The van der Waals surface area contributed by atoms with Crippen LogP contribution in [0.4, 0.5) is 11.4 Å². The van der Waals surface area contributed by atoms with Crippen LogP contribution in [0.2, 0.25) is 0 Å². The third-order valence-electron chi connectivity index (χ3n) is 14.5. The van der Waals surface area contributed by atoms with E-state index in [1.165, 1.54) is 128 Å². The van der Waals surface area contributed by atoms with E-state index in [9.17, 15) is 0 Å². The van der Waals surface area contributed by atoms with Crippen molar-refractivity contribution in [3.05, 3.63) is 260 Å². The van der Waals surface area contributed by atoms with Gasteiger partial charge in [0.2, 0.25) is 0 Å². The minimum atomic E-state index is -0.598. The number of fused-ring (bicyclic) bond motifs is 14. The van der Waals surface area contributed by atoms with Gasteiger partial charge < -0.3 is 4.90 Å². The van der Waals surface area contributed by atoms with Crippen LogP contribution in [0.25, 0.3) is 45.6 Å². The van der Waals surface area contributed by atoms with Gasteiger partial charge in [0.05, 0.1) is 16.8 Å². The first-order valence-electron chi connectivity index (χ1n) is 21.8. The standard InChI is InChI=1S/C60H43N/c1-37-31-52-48-24-13-7-18-41(48)34-54(52)58(38(37)2)61(59-44(32-39-15-4-3-5-16-39)26-27-49-45-21-10-6-17-40(45)33-53(49)59)57-29-28-51-47-23-12-9-20-43(47)36-56(51)60(57)30-14-25-50-46-22-11-8-19-42(46)35-55(50)60/h3-31,35-36H,32-34H2,1-2H3. The number of anilines is 2. The molecule has 0 aromatic heterocycles. The van der Waals surface area contributed by atoms with Crippen LogP contribution in [0, 0.1) is 19.3 Å². The highest BCUT2D eigenvalue weighted by Gasteiger charge is 2.51. The van der Waals surface area contributed by atoms with Crippen molar-refractivity contribution >= 4 is 34.7 Å². The normalized spacial score (nSPS) is 17.8. The molecular formula is C60H43N. The lowest BCUT2D eigenvalue weighted by atomic mass is 9.63. The molecule has 1 spiro atoms. The average Bonchev–Trinajstić information content (AvgIpc) is 4.07. The molecule has 6 aliphatic rings. The molecular weight excluding hydrogens is 735 g/mol. The quantitative estimate of drug-likeness (QED) is 0.168. The summed E-state index contributed by atoms with van der Waals surface area (Å²) in [7, 11) is 0. The Morgan fingerprint density at radius 2 is 1.08 bits per heavy atom. The fraction of sp³-hybridized carbons (Fsp3) is 0.100. The summed E-state index contributed by atoms with van der Waals surface area (Å²) in [6, 6.07) is 54.6. The fourth-order valence-corrected chi connectivity index (χ4v) is 11.7. The molecule has 0 saturated carbocycles. The summed E-state index contributed by atoms with van der Waals surface area (Å²) in [6.45, 7) is 4.70. The molecule has 6 aliphatic carbocycles. The molecule has 0 N–H and O–H groups in total. The largest absolute Gasteiger partial charge is 0.311 e. The number of hydrogen-bond donors (Lipinski definition) is 0. The maximum atomic E-state index is 2.81. The van der Waals surface area contributed by atoms with Gasteiger partial charge >= 0.3 is 0 Å². The topological polar surface area (TPSA) is 3.24 Å².